The normalized spacial score (nSPS) is 7.89. The van der Waals surface area contributed by atoms with E-state index in [1.54, 1.807) is 6.08 Å². The first-order valence-corrected chi connectivity index (χ1v) is 3.08. The first kappa shape index (κ1) is 15.8. The zero-order valence-corrected chi connectivity index (χ0v) is 5.63. The molecule has 0 aliphatic carbocycles. The molecule has 0 saturated heterocycles. The lowest BCUT2D eigenvalue weighted by molar-refractivity contribution is 0.381. The van der Waals surface area contributed by atoms with E-state index in [0.29, 0.717) is 0 Å². The Bertz CT molecular complexity index is 130. The minimum Gasteiger partial charge on any atom is -0.269 e. The van der Waals surface area contributed by atoms with Crippen molar-refractivity contribution in [1.82, 2.24) is 0 Å². The lowest BCUT2D eigenvalue weighted by atomic mass is 10.8. The standard InChI is InChI=1S/C3H6.FH.H2O4S/c1-3-2;;1-5(2,3)4/h3H,1H2,2H3;1H;(H2,1,2,3,4). The Morgan fingerprint density at radius 1 is 1.44 bits per heavy atom. The Hall–Kier alpha value is -0.460. The van der Waals surface area contributed by atoms with Crippen LogP contribution in [0.3, 0.4) is 0 Å². The minimum absolute atomic E-state index is 0. The van der Waals surface area contributed by atoms with Gasteiger partial charge < -0.3 is 0 Å². The van der Waals surface area contributed by atoms with Gasteiger partial charge in [-0.1, -0.05) is 6.08 Å². The second-order valence-electron chi connectivity index (χ2n) is 0.856. The van der Waals surface area contributed by atoms with E-state index in [-0.39, 0.29) is 4.70 Å². The Morgan fingerprint density at radius 2 is 1.44 bits per heavy atom. The van der Waals surface area contributed by atoms with Gasteiger partial charge in [0.05, 0.1) is 0 Å². The summed E-state index contributed by atoms with van der Waals surface area (Å²) in [4.78, 5) is 0. The highest BCUT2D eigenvalue weighted by molar-refractivity contribution is 7.79. The monoisotopic (exact) mass is 160 g/mol. The zero-order chi connectivity index (χ0) is 7.21. The van der Waals surface area contributed by atoms with Crippen molar-refractivity contribution in [2.75, 3.05) is 0 Å². The first-order valence-electron chi connectivity index (χ1n) is 1.68. The van der Waals surface area contributed by atoms with Crippen LogP contribution in [0.15, 0.2) is 12.7 Å². The van der Waals surface area contributed by atoms with Crippen LogP contribution in [0, 0.1) is 0 Å². The molecule has 6 heteroatoms. The third-order valence-electron chi connectivity index (χ3n) is 0. The molecular formula is C3H9FO4S. The van der Waals surface area contributed by atoms with Gasteiger partial charge in [0.1, 0.15) is 0 Å². The van der Waals surface area contributed by atoms with Gasteiger partial charge in [-0.15, -0.1) is 6.58 Å². The molecule has 0 unspecified atom stereocenters. The second-order valence-corrected chi connectivity index (χ2v) is 1.75. The summed E-state index contributed by atoms with van der Waals surface area (Å²) in [5.41, 5.74) is 0. The third-order valence-corrected chi connectivity index (χ3v) is 0. The van der Waals surface area contributed by atoms with Crippen LogP contribution in [0.1, 0.15) is 6.92 Å². The van der Waals surface area contributed by atoms with Crippen molar-refractivity contribution in [3.05, 3.63) is 12.7 Å². The Balaban J connectivity index is -0.0000000800. The van der Waals surface area contributed by atoms with E-state index in [1.807, 2.05) is 6.92 Å². The van der Waals surface area contributed by atoms with Crippen LogP contribution in [0.25, 0.3) is 0 Å². The molecule has 9 heavy (non-hydrogen) atoms. The van der Waals surface area contributed by atoms with Crippen molar-refractivity contribution < 1.29 is 22.2 Å². The predicted octanol–water partition coefficient (Wildman–Crippen LogP) is 0.692. The van der Waals surface area contributed by atoms with Crippen molar-refractivity contribution in [3.8, 4) is 0 Å². The van der Waals surface area contributed by atoms with Crippen LogP contribution in [-0.2, 0) is 10.4 Å². The topological polar surface area (TPSA) is 74.6 Å². The average molecular weight is 160 g/mol. The molecule has 58 valence electrons. The number of hydrogen-bond acceptors (Lipinski definition) is 2. The summed E-state index contributed by atoms with van der Waals surface area (Å²) in [6.07, 6.45) is 1.75. The van der Waals surface area contributed by atoms with E-state index in [4.69, 9.17) is 17.5 Å². The Labute approximate surface area is 53.1 Å². The lowest BCUT2D eigenvalue weighted by Gasteiger charge is -1.68. The average Bonchev–Trinajstić information content (AvgIpc) is 1.27. The van der Waals surface area contributed by atoms with Crippen LogP contribution in [-0.4, -0.2) is 17.5 Å². The number of allylic oxidation sites excluding steroid dienone is 1. The van der Waals surface area contributed by atoms with Gasteiger partial charge in [-0.3, -0.25) is 13.8 Å². The van der Waals surface area contributed by atoms with E-state index < -0.39 is 10.4 Å². The molecule has 0 aliphatic rings. The molecule has 0 heterocycles. The summed E-state index contributed by atoms with van der Waals surface area (Å²) in [6.45, 7) is 5.25. The fourth-order valence-electron chi connectivity index (χ4n) is 0. The van der Waals surface area contributed by atoms with E-state index in [0.717, 1.165) is 0 Å². The van der Waals surface area contributed by atoms with Gasteiger partial charge in [0.2, 0.25) is 0 Å². The maximum absolute atomic E-state index is 8.74. The smallest absolute Gasteiger partial charge is 0.269 e. The highest BCUT2D eigenvalue weighted by atomic mass is 32.3. The molecule has 0 bridgehead atoms. The number of halogens is 1. The van der Waals surface area contributed by atoms with Gasteiger partial charge in [-0.05, 0) is 6.92 Å². The van der Waals surface area contributed by atoms with Gasteiger partial charge >= 0.3 is 10.4 Å². The zero-order valence-electron chi connectivity index (χ0n) is 4.81. The van der Waals surface area contributed by atoms with Crippen molar-refractivity contribution in [2.24, 2.45) is 0 Å². The maximum Gasteiger partial charge on any atom is 0.394 e. The first-order chi connectivity index (χ1) is 3.41. The summed E-state index contributed by atoms with van der Waals surface area (Å²) >= 11 is 0. The Kier molecular flexibility index (Phi) is 13.3. The van der Waals surface area contributed by atoms with E-state index in [1.165, 1.54) is 0 Å². The molecule has 0 saturated carbocycles. The summed E-state index contributed by atoms with van der Waals surface area (Å²) in [5.74, 6) is 0. The molecule has 0 radical (unpaired) electrons. The van der Waals surface area contributed by atoms with Crippen LogP contribution in [0.2, 0.25) is 0 Å². The molecule has 0 spiro atoms. The molecule has 0 aromatic carbocycles. The van der Waals surface area contributed by atoms with Crippen LogP contribution in [0.5, 0.6) is 0 Å². The molecular weight excluding hydrogens is 151 g/mol. The highest BCUT2D eigenvalue weighted by Gasteiger charge is 1.84. The predicted molar refractivity (Wildman–Crippen MR) is 32.6 cm³/mol. The molecule has 4 nitrogen and oxygen atoms in total. The summed E-state index contributed by atoms with van der Waals surface area (Å²) in [7, 11) is -4.67. The summed E-state index contributed by atoms with van der Waals surface area (Å²) in [6, 6.07) is 0. The van der Waals surface area contributed by atoms with Crippen molar-refractivity contribution in [2.45, 2.75) is 6.92 Å². The quantitative estimate of drug-likeness (QED) is 0.404. The Morgan fingerprint density at radius 3 is 1.44 bits per heavy atom. The maximum atomic E-state index is 8.74. The van der Waals surface area contributed by atoms with Crippen molar-refractivity contribution in [3.63, 3.8) is 0 Å². The number of rotatable bonds is 0. The van der Waals surface area contributed by atoms with E-state index in [9.17, 15) is 0 Å². The molecule has 2 N–H and O–H groups in total. The largest absolute Gasteiger partial charge is 0.394 e. The minimum atomic E-state index is -4.67. The van der Waals surface area contributed by atoms with Gasteiger partial charge in [0.25, 0.3) is 0 Å². The fraction of sp³-hybridized carbons (Fsp3) is 0.333. The van der Waals surface area contributed by atoms with Crippen LogP contribution < -0.4 is 0 Å². The van der Waals surface area contributed by atoms with Crippen molar-refractivity contribution >= 4 is 10.4 Å². The molecule has 0 aliphatic heterocycles. The molecule has 0 aromatic rings. The lowest BCUT2D eigenvalue weighted by Crippen LogP contribution is -1.89. The van der Waals surface area contributed by atoms with Crippen LogP contribution >= 0.6 is 0 Å². The number of hydrogen-bond donors (Lipinski definition) is 2. The van der Waals surface area contributed by atoms with E-state index in [2.05, 4.69) is 6.58 Å². The SMILES string of the molecule is C=CC.F.O=S(=O)(O)O. The van der Waals surface area contributed by atoms with Crippen molar-refractivity contribution in [1.29, 1.82) is 0 Å². The van der Waals surface area contributed by atoms with Gasteiger partial charge in [-0.2, -0.15) is 8.42 Å². The van der Waals surface area contributed by atoms with Gasteiger partial charge in [-0.25, -0.2) is 0 Å². The molecule has 0 rings (SSSR count). The highest BCUT2D eigenvalue weighted by Crippen LogP contribution is 1.59. The third kappa shape index (κ3) is 1090. The second kappa shape index (κ2) is 7.54. The molecule has 0 atom stereocenters. The van der Waals surface area contributed by atoms with Crippen LogP contribution in [0.4, 0.5) is 4.70 Å². The van der Waals surface area contributed by atoms with Gasteiger partial charge in [0, 0.05) is 0 Å². The molecule has 0 amide bonds. The fourth-order valence-corrected chi connectivity index (χ4v) is 0. The molecule has 0 fully saturated rings. The van der Waals surface area contributed by atoms with E-state index >= 15 is 0 Å². The summed E-state index contributed by atoms with van der Waals surface area (Å²) in [5, 5.41) is 0. The van der Waals surface area contributed by atoms with Gasteiger partial charge in [0.15, 0.2) is 0 Å². The molecule has 0 aromatic heterocycles. The summed E-state index contributed by atoms with van der Waals surface area (Å²) < 4.78 is 31.6.